The van der Waals surface area contributed by atoms with Gasteiger partial charge in [0.05, 0.1) is 16.3 Å². The number of carboxylic acid groups (broad SMARTS) is 1. The van der Waals surface area contributed by atoms with Crippen molar-refractivity contribution >= 4 is 32.8 Å². The molecule has 5 nitrogen and oxygen atoms in total. The Labute approximate surface area is 123 Å². The van der Waals surface area contributed by atoms with Crippen molar-refractivity contribution in [3.8, 4) is 0 Å². The lowest BCUT2D eigenvalue weighted by atomic mass is 9.82. The largest absolute Gasteiger partial charge is 0.481 e. The van der Waals surface area contributed by atoms with Crippen molar-refractivity contribution in [2.75, 3.05) is 0 Å². The fourth-order valence-corrected chi connectivity index (χ4v) is 2.93. The second-order valence-electron chi connectivity index (χ2n) is 5.45. The van der Waals surface area contributed by atoms with E-state index in [2.05, 4.69) is 20.9 Å². The Hall–Kier alpha value is -1.69. The minimum absolute atomic E-state index is 0.162. The van der Waals surface area contributed by atoms with Gasteiger partial charge in [0.15, 0.2) is 0 Å². The fraction of sp³-hybridized carbons (Fsp3) is 0.357. The van der Waals surface area contributed by atoms with Crippen LogP contribution in [0.3, 0.4) is 0 Å². The lowest BCUT2D eigenvalue weighted by molar-refractivity contribution is -0.149. The van der Waals surface area contributed by atoms with Crippen molar-refractivity contribution in [2.45, 2.75) is 26.3 Å². The molecular formula is C14H13BrN2O3. The third kappa shape index (κ3) is 1.95. The molecule has 1 atom stereocenters. The highest BCUT2D eigenvalue weighted by Gasteiger charge is 2.38. The molecule has 0 amide bonds. The average Bonchev–Trinajstić information content (AvgIpc) is 2.39. The predicted molar refractivity (Wildman–Crippen MR) is 77.8 cm³/mol. The summed E-state index contributed by atoms with van der Waals surface area (Å²) in [5.74, 6) is -0.203. The van der Waals surface area contributed by atoms with Crippen LogP contribution in [0.2, 0.25) is 0 Å². The van der Waals surface area contributed by atoms with Gasteiger partial charge in [-0.3, -0.25) is 14.2 Å². The van der Waals surface area contributed by atoms with E-state index in [0.29, 0.717) is 29.6 Å². The summed E-state index contributed by atoms with van der Waals surface area (Å²) >= 11 is 3.36. The number of fused-ring (bicyclic) bond motifs is 2. The number of halogens is 1. The topological polar surface area (TPSA) is 72.2 Å². The molecule has 1 N–H and O–H groups in total. The lowest BCUT2D eigenvalue weighted by Gasteiger charge is -2.31. The number of aromatic nitrogens is 2. The highest BCUT2D eigenvalue weighted by molar-refractivity contribution is 9.10. The normalized spacial score (nSPS) is 21.7. The predicted octanol–water partition coefficient (Wildman–Crippen LogP) is 2.20. The van der Waals surface area contributed by atoms with E-state index in [1.54, 1.807) is 19.1 Å². The van der Waals surface area contributed by atoms with Crippen LogP contribution in [0.4, 0.5) is 0 Å². The summed E-state index contributed by atoms with van der Waals surface area (Å²) in [4.78, 5) is 28.4. The van der Waals surface area contributed by atoms with Gasteiger partial charge in [-0.15, -0.1) is 0 Å². The van der Waals surface area contributed by atoms with E-state index in [9.17, 15) is 14.7 Å². The van der Waals surface area contributed by atoms with Crippen LogP contribution in [0.1, 0.15) is 19.2 Å². The Morgan fingerprint density at radius 1 is 1.50 bits per heavy atom. The van der Waals surface area contributed by atoms with Gasteiger partial charge in [-0.2, -0.15) is 0 Å². The van der Waals surface area contributed by atoms with Gasteiger partial charge in [0, 0.05) is 17.4 Å². The molecule has 1 unspecified atom stereocenters. The quantitative estimate of drug-likeness (QED) is 0.866. The number of nitrogens with zero attached hydrogens (tertiary/aromatic N) is 2. The Morgan fingerprint density at radius 3 is 2.95 bits per heavy atom. The molecule has 6 heteroatoms. The molecule has 0 bridgehead atoms. The fourth-order valence-electron chi connectivity index (χ4n) is 2.58. The first-order chi connectivity index (χ1) is 9.40. The van der Waals surface area contributed by atoms with E-state index >= 15 is 0 Å². The van der Waals surface area contributed by atoms with E-state index < -0.39 is 11.4 Å². The molecular weight excluding hydrogens is 324 g/mol. The van der Waals surface area contributed by atoms with Crippen LogP contribution in [0.15, 0.2) is 27.5 Å². The zero-order valence-electron chi connectivity index (χ0n) is 10.9. The summed E-state index contributed by atoms with van der Waals surface area (Å²) in [5.41, 5.74) is -0.416. The van der Waals surface area contributed by atoms with Crippen LogP contribution in [0.25, 0.3) is 10.9 Å². The molecule has 0 saturated heterocycles. The van der Waals surface area contributed by atoms with Crippen molar-refractivity contribution in [1.82, 2.24) is 9.55 Å². The maximum absolute atomic E-state index is 12.5. The van der Waals surface area contributed by atoms with Crippen LogP contribution < -0.4 is 5.56 Å². The van der Waals surface area contributed by atoms with Crippen LogP contribution in [0, 0.1) is 5.41 Å². The molecule has 0 fully saturated rings. The highest BCUT2D eigenvalue weighted by atomic mass is 79.9. The van der Waals surface area contributed by atoms with E-state index in [0.717, 1.165) is 4.47 Å². The van der Waals surface area contributed by atoms with E-state index in [1.165, 1.54) is 4.57 Å². The first kappa shape index (κ1) is 13.3. The summed E-state index contributed by atoms with van der Waals surface area (Å²) in [6.07, 6.45) is 0.995. The molecule has 104 valence electrons. The molecule has 1 aromatic carbocycles. The van der Waals surface area contributed by atoms with E-state index in [-0.39, 0.29) is 12.1 Å². The molecule has 1 aliphatic rings. The number of carbonyl (C=O) groups is 1. The smallest absolute Gasteiger partial charge is 0.311 e. The van der Waals surface area contributed by atoms with Gasteiger partial charge < -0.3 is 5.11 Å². The minimum Gasteiger partial charge on any atom is -0.481 e. The van der Waals surface area contributed by atoms with Crippen LogP contribution in [-0.4, -0.2) is 20.6 Å². The summed E-state index contributed by atoms with van der Waals surface area (Å²) in [5, 5.41) is 9.84. The SMILES string of the molecule is CC1(C(=O)O)CCc2nc3cc(Br)ccc3c(=O)n2C1. The van der Waals surface area contributed by atoms with E-state index in [4.69, 9.17) is 0 Å². The molecule has 3 rings (SSSR count). The molecule has 1 aliphatic heterocycles. The number of aliphatic carboxylic acids is 1. The Balaban J connectivity index is 2.23. The third-order valence-corrected chi connectivity index (χ3v) is 4.41. The first-order valence-electron chi connectivity index (χ1n) is 6.33. The van der Waals surface area contributed by atoms with Crippen molar-refractivity contribution in [1.29, 1.82) is 0 Å². The standard InChI is InChI=1S/C14H13BrN2O3/c1-14(13(19)20)5-4-11-16-10-6-8(15)2-3-9(10)12(18)17(11)7-14/h2-3,6H,4-5,7H2,1H3,(H,19,20). The first-order valence-corrected chi connectivity index (χ1v) is 7.12. The number of aryl methyl sites for hydroxylation is 1. The Kier molecular flexibility index (Phi) is 2.93. The van der Waals surface area contributed by atoms with Crippen LogP contribution in [0.5, 0.6) is 0 Å². The molecule has 2 heterocycles. The molecule has 0 aliphatic carbocycles. The summed E-state index contributed by atoms with van der Waals surface area (Å²) in [6.45, 7) is 1.85. The highest BCUT2D eigenvalue weighted by Crippen LogP contribution is 2.30. The molecule has 0 saturated carbocycles. The maximum atomic E-state index is 12.5. The van der Waals surface area contributed by atoms with Gasteiger partial charge in [0.2, 0.25) is 0 Å². The number of carboxylic acids is 1. The summed E-state index contributed by atoms with van der Waals surface area (Å²) in [7, 11) is 0. The van der Waals surface area contributed by atoms with Crippen molar-refractivity contribution in [2.24, 2.45) is 5.41 Å². The zero-order chi connectivity index (χ0) is 14.5. The van der Waals surface area contributed by atoms with Gasteiger partial charge in [0.25, 0.3) is 5.56 Å². The van der Waals surface area contributed by atoms with Crippen LogP contribution >= 0.6 is 15.9 Å². The Morgan fingerprint density at radius 2 is 2.25 bits per heavy atom. The number of hydrogen-bond donors (Lipinski definition) is 1. The van der Waals surface area contributed by atoms with Crippen LogP contribution in [-0.2, 0) is 17.8 Å². The number of hydrogen-bond acceptors (Lipinski definition) is 3. The van der Waals surface area contributed by atoms with E-state index in [1.807, 2.05) is 6.07 Å². The lowest BCUT2D eigenvalue weighted by Crippen LogP contribution is -2.42. The molecule has 2 aromatic rings. The van der Waals surface area contributed by atoms with Gasteiger partial charge in [-0.05, 0) is 31.5 Å². The zero-order valence-corrected chi connectivity index (χ0v) is 12.5. The monoisotopic (exact) mass is 336 g/mol. The van der Waals surface area contributed by atoms with Gasteiger partial charge in [0.1, 0.15) is 5.82 Å². The molecule has 0 radical (unpaired) electrons. The second-order valence-corrected chi connectivity index (χ2v) is 6.36. The summed E-state index contributed by atoms with van der Waals surface area (Å²) < 4.78 is 2.38. The number of rotatable bonds is 1. The maximum Gasteiger partial charge on any atom is 0.311 e. The minimum atomic E-state index is -0.901. The molecule has 1 aromatic heterocycles. The van der Waals surface area contributed by atoms with Crippen molar-refractivity contribution in [3.05, 3.63) is 38.9 Å². The van der Waals surface area contributed by atoms with Gasteiger partial charge in [-0.25, -0.2) is 4.98 Å². The second kappa shape index (κ2) is 4.41. The van der Waals surface area contributed by atoms with Gasteiger partial charge in [-0.1, -0.05) is 15.9 Å². The van der Waals surface area contributed by atoms with Gasteiger partial charge >= 0.3 is 5.97 Å². The van der Waals surface area contributed by atoms with Crippen molar-refractivity contribution < 1.29 is 9.90 Å². The summed E-state index contributed by atoms with van der Waals surface area (Å²) in [6, 6.07) is 5.31. The Bertz CT molecular complexity index is 784. The number of benzene rings is 1. The molecule has 20 heavy (non-hydrogen) atoms. The molecule has 0 spiro atoms. The third-order valence-electron chi connectivity index (χ3n) is 3.92. The average molecular weight is 337 g/mol. The van der Waals surface area contributed by atoms with Crippen molar-refractivity contribution in [3.63, 3.8) is 0 Å².